The Balaban J connectivity index is 2.33. The molecule has 1 atom stereocenters. The Morgan fingerprint density at radius 3 is 2.94 bits per heavy atom. The molecule has 1 unspecified atom stereocenters. The molecule has 1 aliphatic rings. The second-order valence-corrected chi connectivity index (χ2v) is 4.80. The molecule has 0 aliphatic carbocycles. The van der Waals surface area contributed by atoms with Gasteiger partial charge in [-0.05, 0) is 38.3 Å². The van der Waals surface area contributed by atoms with E-state index in [1.807, 2.05) is 6.92 Å². The molecule has 1 saturated heterocycles. The van der Waals surface area contributed by atoms with E-state index < -0.39 is 5.91 Å². The quantitative estimate of drug-likeness (QED) is 0.828. The maximum Gasteiger partial charge on any atom is 0.248 e. The number of hydrogen-bond donors (Lipinski definition) is 2. The fraction of sp³-hybridized carbons (Fsp3) is 0.538. The van der Waals surface area contributed by atoms with Crippen molar-refractivity contribution in [3.63, 3.8) is 0 Å². The van der Waals surface area contributed by atoms with Gasteiger partial charge in [-0.25, -0.2) is 4.98 Å². The highest BCUT2D eigenvalue weighted by Gasteiger charge is 2.23. The van der Waals surface area contributed by atoms with Gasteiger partial charge in [0.2, 0.25) is 5.91 Å². The first-order valence-electron chi connectivity index (χ1n) is 6.37. The number of carbonyl (C=O) groups is 1. The van der Waals surface area contributed by atoms with Crippen molar-refractivity contribution < 1.29 is 4.79 Å². The first-order chi connectivity index (χ1) is 8.61. The fourth-order valence-electron chi connectivity index (χ4n) is 2.49. The third-order valence-electron chi connectivity index (χ3n) is 3.42. The number of anilines is 1. The second kappa shape index (κ2) is 5.35. The van der Waals surface area contributed by atoms with Crippen LogP contribution in [-0.2, 0) is 0 Å². The summed E-state index contributed by atoms with van der Waals surface area (Å²) in [6.07, 6.45) is 3.42. The van der Waals surface area contributed by atoms with Gasteiger partial charge in [-0.2, -0.15) is 0 Å². The van der Waals surface area contributed by atoms with Crippen molar-refractivity contribution in [3.05, 3.63) is 23.4 Å². The van der Waals surface area contributed by atoms with Crippen molar-refractivity contribution in [2.75, 3.05) is 18.0 Å². The van der Waals surface area contributed by atoms with Crippen molar-refractivity contribution in [1.29, 1.82) is 0 Å². The van der Waals surface area contributed by atoms with Gasteiger partial charge in [-0.15, -0.1) is 0 Å². The van der Waals surface area contributed by atoms with E-state index in [4.69, 9.17) is 11.5 Å². The zero-order valence-electron chi connectivity index (χ0n) is 10.7. The van der Waals surface area contributed by atoms with Crippen LogP contribution < -0.4 is 16.4 Å². The topological polar surface area (TPSA) is 85.2 Å². The molecular formula is C13H20N4O. The lowest BCUT2D eigenvalue weighted by Crippen LogP contribution is -2.44. The van der Waals surface area contributed by atoms with E-state index in [-0.39, 0.29) is 0 Å². The number of amides is 1. The normalized spacial score (nSPS) is 19.9. The summed E-state index contributed by atoms with van der Waals surface area (Å²) in [4.78, 5) is 18.0. The maximum atomic E-state index is 11.3. The predicted molar refractivity (Wildman–Crippen MR) is 71.5 cm³/mol. The van der Waals surface area contributed by atoms with E-state index in [0.29, 0.717) is 18.2 Å². The summed E-state index contributed by atoms with van der Waals surface area (Å²) in [5.41, 5.74) is 12.5. The van der Waals surface area contributed by atoms with Gasteiger partial charge in [0.05, 0.1) is 0 Å². The number of aryl methyl sites for hydroxylation is 1. The van der Waals surface area contributed by atoms with Gasteiger partial charge in [0.25, 0.3) is 0 Å². The SMILES string of the molecule is Cc1cc(C(N)=O)cc(N2CCCCC2CN)n1. The number of carbonyl (C=O) groups excluding carboxylic acids is 1. The van der Waals surface area contributed by atoms with Crippen LogP contribution in [0, 0.1) is 6.92 Å². The number of nitrogens with zero attached hydrogens (tertiary/aromatic N) is 2. The van der Waals surface area contributed by atoms with E-state index in [2.05, 4.69) is 9.88 Å². The van der Waals surface area contributed by atoms with Crippen molar-refractivity contribution >= 4 is 11.7 Å². The standard InChI is InChI=1S/C13H20N4O/c1-9-6-10(13(15)18)7-12(16-9)17-5-3-2-4-11(17)8-14/h6-7,11H,2-5,8,14H2,1H3,(H2,15,18). The summed E-state index contributed by atoms with van der Waals surface area (Å²) in [6.45, 7) is 3.43. The molecule has 18 heavy (non-hydrogen) atoms. The minimum Gasteiger partial charge on any atom is -0.366 e. The van der Waals surface area contributed by atoms with Gasteiger partial charge >= 0.3 is 0 Å². The average molecular weight is 248 g/mol. The third-order valence-corrected chi connectivity index (χ3v) is 3.42. The van der Waals surface area contributed by atoms with Crippen molar-refractivity contribution in [1.82, 2.24) is 4.98 Å². The van der Waals surface area contributed by atoms with Gasteiger partial charge in [0.15, 0.2) is 0 Å². The molecular weight excluding hydrogens is 228 g/mol. The lowest BCUT2D eigenvalue weighted by atomic mass is 10.0. The van der Waals surface area contributed by atoms with Gasteiger partial charge < -0.3 is 16.4 Å². The average Bonchev–Trinajstić information content (AvgIpc) is 2.38. The molecule has 2 rings (SSSR count). The molecule has 1 aliphatic heterocycles. The van der Waals surface area contributed by atoms with Gasteiger partial charge in [0.1, 0.15) is 5.82 Å². The zero-order chi connectivity index (χ0) is 13.1. The monoisotopic (exact) mass is 248 g/mol. The smallest absolute Gasteiger partial charge is 0.248 e. The molecule has 1 aromatic rings. The van der Waals surface area contributed by atoms with Crippen molar-refractivity contribution in [2.45, 2.75) is 32.2 Å². The van der Waals surface area contributed by atoms with Crippen LogP contribution in [0.4, 0.5) is 5.82 Å². The first kappa shape index (κ1) is 12.8. The van der Waals surface area contributed by atoms with Crippen LogP contribution in [0.2, 0.25) is 0 Å². The summed E-state index contributed by atoms with van der Waals surface area (Å²) in [5.74, 6) is 0.405. The Morgan fingerprint density at radius 2 is 2.28 bits per heavy atom. The van der Waals surface area contributed by atoms with Crippen molar-refractivity contribution in [2.24, 2.45) is 11.5 Å². The van der Waals surface area contributed by atoms with E-state index in [1.165, 1.54) is 6.42 Å². The highest BCUT2D eigenvalue weighted by atomic mass is 16.1. The first-order valence-corrected chi connectivity index (χ1v) is 6.37. The van der Waals surface area contributed by atoms with Crippen molar-refractivity contribution in [3.8, 4) is 0 Å². The molecule has 1 aromatic heterocycles. The van der Waals surface area contributed by atoms with Gasteiger partial charge in [-0.3, -0.25) is 4.79 Å². The minimum atomic E-state index is -0.414. The predicted octanol–water partition coefficient (Wildman–Crippen LogP) is 0.807. The molecule has 0 saturated carbocycles. The Bertz CT molecular complexity index is 447. The Kier molecular flexibility index (Phi) is 3.81. The molecule has 0 bridgehead atoms. The Labute approximate surface area is 107 Å². The van der Waals surface area contributed by atoms with E-state index in [1.54, 1.807) is 12.1 Å². The van der Waals surface area contributed by atoms with Crippen LogP contribution in [0.3, 0.4) is 0 Å². The van der Waals surface area contributed by atoms with Crippen LogP contribution in [0.1, 0.15) is 35.3 Å². The molecule has 0 aromatic carbocycles. The molecule has 98 valence electrons. The highest BCUT2D eigenvalue weighted by molar-refractivity contribution is 5.93. The Hall–Kier alpha value is -1.62. The number of piperidine rings is 1. The molecule has 0 spiro atoms. The van der Waals surface area contributed by atoms with E-state index in [0.717, 1.165) is 30.9 Å². The van der Waals surface area contributed by atoms with Crippen LogP contribution in [0.25, 0.3) is 0 Å². The highest BCUT2D eigenvalue weighted by Crippen LogP contribution is 2.23. The van der Waals surface area contributed by atoms with Gasteiger partial charge in [-0.1, -0.05) is 0 Å². The number of hydrogen-bond acceptors (Lipinski definition) is 4. The summed E-state index contributed by atoms with van der Waals surface area (Å²) in [5, 5.41) is 0. The van der Waals surface area contributed by atoms with Crippen LogP contribution in [-0.4, -0.2) is 30.0 Å². The molecule has 2 heterocycles. The molecule has 4 N–H and O–H groups in total. The van der Waals surface area contributed by atoms with E-state index in [9.17, 15) is 4.79 Å². The summed E-state index contributed by atoms with van der Waals surface area (Å²) >= 11 is 0. The minimum absolute atomic E-state index is 0.314. The maximum absolute atomic E-state index is 11.3. The number of rotatable bonds is 3. The summed E-state index contributed by atoms with van der Waals surface area (Å²) in [7, 11) is 0. The number of primary amides is 1. The Morgan fingerprint density at radius 1 is 1.50 bits per heavy atom. The lowest BCUT2D eigenvalue weighted by molar-refractivity contribution is 0.1000. The van der Waals surface area contributed by atoms with Crippen LogP contribution >= 0.6 is 0 Å². The molecule has 0 radical (unpaired) electrons. The molecule has 5 heteroatoms. The zero-order valence-corrected chi connectivity index (χ0v) is 10.7. The molecule has 1 amide bonds. The number of aromatic nitrogens is 1. The summed E-state index contributed by atoms with van der Waals surface area (Å²) < 4.78 is 0. The fourth-order valence-corrected chi connectivity index (χ4v) is 2.49. The number of pyridine rings is 1. The second-order valence-electron chi connectivity index (χ2n) is 4.80. The largest absolute Gasteiger partial charge is 0.366 e. The third kappa shape index (κ3) is 2.61. The molecule has 1 fully saturated rings. The number of nitrogens with two attached hydrogens (primary N) is 2. The van der Waals surface area contributed by atoms with Crippen LogP contribution in [0.15, 0.2) is 12.1 Å². The molecule has 5 nitrogen and oxygen atoms in total. The van der Waals surface area contributed by atoms with Gasteiger partial charge in [0, 0.05) is 30.4 Å². The summed E-state index contributed by atoms with van der Waals surface area (Å²) in [6, 6.07) is 3.80. The lowest BCUT2D eigenvalue weighted by Gasteiger charge is -2.36. The van der Waals surface area contributed by atoms with Crippen LogP contribution in [0.5, 0.6) is 0 Å². The van der Waals surface area contributed by atoms with E-state index >= 15 is 0 Å².